The molecule has 0 bridgehead atoms. The monoisotopic (exact) mass is 413 g/mol. The lowest BCUT2D eigenvalue weighted by atomic mass is 10.2. The number of rotatable bonds is 6. The Bertz CT molecular complexity index is 900. The number of carbonyl (C=O) groups is 1. The Morgan fingerprint density at radius 1 is 1.27 bits per heavy atom. The van der Waals surface area contributed by atoms with Crippen molar-refractivity contribution >= 4 is 45.0 Å². The second kappa shape index (κ2) is 8.39. The first-order valence-electron chi connectivity index (χ1n) is 7.74. The van der Waals surface area contributed by atoms with Crippen LogP contribution < -0.4 is 5.32 Å². The number of amides is 1. The van der Waals surface area contributed by atoms with Crippen LogP contribution in [-0.4, -0.2) is 43.0 Å². The highest BCUT2D eigenvalue weighted by Crippen LogP contribution is 2.26. The normalized spacial score (nSPS) is 12.8. The van der Waals surface area contributed by atoms with E-state index < -0.39 is 15.3 Å². The van der Waals surface area contributed by atoms with E-state index in [0.717, 1.165) is 9.87 Å². The van der Waals surface area contributed by atoms with E-state index in [1.54, 1.807) is 31.2 Å². The molecule has 1 N–H and O–H groups in total. The van der Waals surface area contributed by atoms with Gasteiger partial charge in [-0.1, -0.05) is 29.4 Å². The van der Waals surface area contributed by atoms with Crippen LogP contribution >= 0.6 is 23.4 Å². The van der Waals surface area contributed by atoms with Crippen LogP contribution in [-0.2, 0) is 14.8 Å². The first kappa shape index (κ1) is 20.7. The van der Waals surface area contributed by atoms with Crippen molar-refractivity contribution < 1.29 is 13.2 Å². The number of hydrogen-bond donors (Lipinski definition) is 1. The molecule has 1 aromatic carbocycles. The summed E-state index contributed by atoms with van der Waals surface area (Å²) in [5.74, 6) is -0.188. The van der Waals surface area contributed by atoms with E-state index in [1.807, 2.05) is 6.92 Å². The van der Waals surface area contributed by atoms with Gasteiger partial charge >= 0.3 is 0 Å². The van der Waals surface area contributed by atoms with E-state index in [-0.39, 0.29) is 10.8 Å². The number of nitrogens with one attached hydrogen (secondary N) is 1. The van der Waals surface area contributed by atoms with E-state index in [1.165, 1.54) is 38.1 Å². The summed E-state index contributed by atoms with van der Waals surface area (Å²) < 4.78 is 25.2. The summed E-state index contributed by atoms with van der Waals surface area (Å²) in [5, 5.41) is 3.58. The Kier molecular flexibility index (Phi) is 6.68. The molecule has 1 heterocycles. The lowest BCUT2D eigenvalue weighted by Crippen LogP contribution is -2.23. The van der Waals surface area contributed by atoms with Gasteiger partial charge in [0.15, 0.2) is 0 Å². The van der Waals surface area contributed by atoms with Crippen molar-refractivity contribution in [3.05, 3.63) is 47.1 Å². The van der Waals surface area contributed by atoms with Crippen molar-refractivity contribution in [3.63, 3.8) is 0 Å². The summed E-state index contributed by atoms with van der Waals surface area (Å²) >= 11 is 7.31. The number of hydrogen-bond acceptors (Lipinski definition) is 5. The fourth-order valence-corrected chi connectivity index (χ4v) is 3.82. The summed E-state index contributed by atoms with van der Waals surface area (Å²) in [4.78, 5) is 16.6. The number of sulfonamides is 1. The van der Waals surface area contributed by atoms with Gasteiger partial charge in [0.1, 0.15) is 4.90 Å². The van der Waals surface area contributed by atoms with Crippen molar-refractivity contribution in [1.29, 1.82) is 0 Å². The van der Waals surface area contributed by atoms with Crippen LogP contribution in [0, 0.1) is 6.92 Å². The van der Waals surface area contributed by atoms with Crippen LogP contribution in [0.1, 0.15) is 12.5 Å². The summed E-state index contributed by atoms with van der Waals surface area (Å²) in [6, 6.07) is 8.40. The fraction of sp³-hybridized carbons (Fsp3) is 0.294. The number of aromatic nitrogens is 1. The number of carbonyl (C=O) groups excluding carboxylic acids is 1. The molecule has 0 radical (unpaired) electrons. The largest absolute Gasteiger partial charge is 0.325 e. The highest BCUT2D eigenvalue weighted by atomic mass is 35.5. The first-order valence-corrected chi connectivity index (χ1v) is 10.4. The fourth-order valence-electron chi connectivity index (χ4n) is 2.01. The van der Waals surface area contributed by atoms with E-state index in [4.69, 9.17) is 11.6 Å². The standard InChI is InChI=1S/C17H20ClN3O3S2/c1-11-14(18)6-5-7-15(11)20-17(22)12(2)25-16-9-8-13(10-19-16)26(23,24)21(3)4/h5-10,12H,1-4H3,(H,20,22). The molecule has 1 atom stereocenters. The van der Waals surface area contributed by atoms with Gasteiger partial charge in [-0.05, 0) is 43.7 Å². The van der Waals surface area contributed by atoms with Gasteiger partial charge < -0.3 is 5.32 Å². The van der Waals surface area contributed by atoms with Gasteiger partial charge in [0.05, 0.1) is 10.3 Å². The van der Waals surface area contributed by atoms with E-state index in [0.29, 0.717) is 15.7 Å². The number of nitrogens with zero attached hydrogens (tertiary/aromatic N) is 2. The maximum Gasteiger partial charge on any atom is 0.244 e. The van der Waals surface area contributed by atoms with Gasteiger partial charge in [-0.3, -0.25) is 4.79 Å². The van der Waals surface area contributed by atoms with Gasteiger partial charge in [-0.25, -0.2) is 17.7 Å². The molecule has 0 aliphatic rings. The minimum Gasteiger partial charge on any atom is -0.325 e. The van der Waals surface area contributed by atoms with Crippen molar-refractivity contribution in [2.45, 2.75) is 29.0 Å². The van der Waals surface area contributed by atoms with Crippen molar-refractivity contribution in [3.8, 4) is 0 Å². The smallest absolute Gasteiger partial charge is 0.244 e. The molecule has 0 aliphatic carbocycles. The maximum absolute atomic E-state index is 12.4. The van der Waals surface area contributed by atoms with Crippen LogP contribution in [0.2, 0.25) is 5.02 Å². The molecular weight excluding hydrogens is 394 g/mol. The molecule has 0 fully saturated rings. The van der Waals surface area contributed by atoms with E-state index >= 15 is 0 Å². The average molecular weight is 414 g/mol. The first-order chi connectivity index (χ1) is 12.1. The molecule has 1 unspecified atom stereocenters. The molecule has 1 aromatic heterocycles. The molecule has 26 heavy (non-hydrogen) atoms. The number of anilines is 1. The minimum atomic E-state index is -3.52. The quantitative estimate of drug-likeness (QED) is 0.734. The van der Waals surface area contributed by atoms with Crippen molar-refractivity contribution in [1.82, 2.24) is 9.29 Å². The van der Waals surface area contributed by atoms with E-state index in [9.17, 15) is 13.2 Å². The lowest BCUT2D eigenvalue weighted by molar-refractivity contribution is -0.115. The van der Waals surface area contributed by atoms with Gasteiger partial charge in [0.2, 0.25) is 15.9 Å². The zero-order valence-electron chi connectivity index (χ0n) is 14.9. The Morgan fingerprint density at radius 3 is 2.54 bits per heavy atom. The SMILES string of the molecule is Cc1c(Cl)cccc1NC(=O)C(C)Sc1ccc(S(=O)(=O)N(C)C)cn1. The van der Waals surface area contributed by atoms with Gasteiger partial charge in [-0.15, -0.1) is 0 Å². The Morgan fingerprint density at radius 2 is 1.96 bits per heavy atom. The molecule has 1 amide bonds. The zero-order valence-corrected chi connectivity index (χ0v) is 17.2. The predicted octanol–water partition coefficient (Wildman–Crippen LogP) is 3.41. The predicted molar refractivity (Wildman–Crippen MR) is 105 cm³/mol. The van der Waals surface area contributed by atoms with Crippen molar-refractivity contribution in [2.24, 2.45) is 0 Å². The summed E-state index contributed by atoms with van der Waals surface area (Å²) in [7, 11) is -0.597. The summed E-state index contributed by atoms with van der Waals surface area (Å²) in [5.41, 5.74) is 1.46. The van der Waals surface area contributed by atoms with Gasteiger partial charge in [-0.2, -0.15) is 0 Å². The molecule has 0 spiro atoms. The number of benzene rings is 1. The Labute approximate surface area is 163 Å². The number of thioether (sulfide) groups is 1. The molecule has 0 aliphatic heterocycles. The third-order valence-corrected chi connectivity index (χ3v) is 6.94. The van der Waals surface area contributed by atoms with Gasteiger partial charge in [0, 0.05) is 31.0 Å². The molecule has 6 nitrogen and oxygen atoms in total. The average Bonchev–Trinajstić information content (AvgIpc) is 2.59. The van der Waals surface area contributed by atoms with Crippen LogP contribution in [0.15, 0.2) is 46.5 Å². The molecular formula is C17H20ClN3O3S2. The second-order valence-corrected chi connectivity index (χ2v) is 9.70. The summed E-state index contributed by atoms with van der Waals surface area (Å²) in [6.07, 6.45) is 1.30. The Balaban J connectivity index is 2.06. The zero-order chi connectivity index (χ0) is 19.5. The number of halogens is 1. The van der Waals surface area contributed by atoms with Crippen LogP contribution in [0.3, 0.4) is 0 Å². The number of pyridine rings is 1. The van der Waals surface area contributed by atoms with Crippen LogP contribution in [0.5, 0.6) is 0 Å². The third-order valence-electron chi connectivity index (χ3n) is 3.68. The molecule has 0 saturated carbocycles. The third kappa shape index (κ3) is 4.76. The molecule has 2 rings (SSSR count). The molecule has 140 valence electrons. The highest BCUT2D eigenvalue weighted by Gasteiger charge is 2.19. The molecule has 9 heteroatoms. The van der Waals surface area contributed by atoms with E-state index in [2.05, 4.69) is 10.3 Å². The lowest BCUT2D eigenvalue weighted by Gasteiger charge is -2.14. The minimum absolute atomic E-state index is 0.110. The van der Waals surface area contributed by atoms with Crippen LogP contribution in [0.4, 0.5) is 5.69 Å². The highest BCUT2D eigenvalue weighted by molar-refractivity contribution is 8.00. The Hall–Kier alpha value is -1.61. The summed E-state index contributed by atoms with van der Waals surface area (Å²) in [6.45, 7) is 3.59. The molecule has 0 saturated heterocycles. The van der Waals surface area contributed by atoms with Crippen LogP contribution in [0.25, 0.3) is 0 Å². The van der Waals surface area contributed by atoms with Gasteiger partial charge in [0.25, 0.3) is 0 Å². The second-order valence-electron chi connectivity index (χ2n) is 5.78. The topological polar surface area (TPSA) is 79.4 Å². The van der Waals surface area contributed by atoms with Crippen molar-refractivity contribution in [2.75, 3.05) is 19.4 Å². The maximum atomic E-state index is 12.4. The molecule has 2 aromatic rings.